The Bertz CT molecular complexity index is 365. The van der Waals surface area contributed by atoms with Crippen molar-refractivity contribution in [1.82, 2.24) is 5.32 Å². The van der Waals surface area contributed by atoms with Gasteiger partial charge in [-0.25, -0.2) is 4.39 Å². The lowest BCUT2D eigenvalue weighted by Crippen LogP contribution is -2.22. The molecule has 0 aliphatic carbocycles. The summed E-state index contributed by atoms with van der Waals surface area (Å²) >= 11 is 0. The lowest BCUT2D eigenvalue weighted by molar-refractivity contribution is 0.563. The Morgan fingerprint density at radius 2 is 2.31 bits per heavy atom. The first-order valence-corrected chi connectivity index (χ1v) is 5.95. The predicted molar refractivity (Wildman–Crippen MR) is 65.6 cm³/mol. The number of fused-ring (bicyclic) bond motifs is 1. The van der Waals surface area contributed by atoms with Crippen molar-refractivity contribution in [3.05, 3.63) is 29.6 Å². The summed E-state index contributed by atoms with van der Waals surface area (Å²) in [6.45, 7) is 4.96. The predicted octanol–water partition coefficient (Wildman–Crippen LogP) is 2.36. The van der Waals surface area contributed by atoms with Crippen LogP contribution in [-0.2, 0) is 0 Å². The molecule has 0 amide bonds. The molecule has 1 aliphatic rings. The van der Waals surface area contributed by atoms with Gasteiger partial charge in [-0.1, -0.05) is 6.07 Å². The van der Waals surface area contributed by atoms with Crippen LogP contribution in [0, 0.1) is 5.82 Å². The fraction of sp³-hybridized carbons (Fsp3) is 0.538. The zero-order valence-electron chi connectivity index (χ0n) is 9.96. The van der Waals surface area contributed by atoms with E-state index in [1.807, 2.05) is 13.1 Å². The summed E-state index contributed by atoms with van der Waals surface area (Å²) in [4.78, 5) is 2.26. The molecule has 1 aromatic carbocycles. The Labute approximate surface area is 96.5 Å². The maximum Gasteiger partial charge on any atom is 0.128 e. The van der Waals surface area contributed by atoms with Gasteiger partial charge in [0.05, 0.1) is 0 Å². The van der Waals surface area contributed by atoms with Gasteiger partial charge in [0.15, 0.2) is 0 Å². The number of nitrogens with zero attached hydrogens (tertiary/aromatic N) is 1. The van der Waals surface area contributed by atoms with Crippen LogP contribution in [0.3, 0.4) is 0 Å². The molecular weight excluding hydrogens is 203 g/mol. The van der Waals surface area contributed by atoms with E-state index in [0.29, 0.717) is 5.92 Å². The Hall–Kier alpha value is -1.09. The minimum atomic E-state index is -0.0467. The molecular formula is C13H19FN2. The fourth-order valence-electron chi connectivity index (χ4n) is 2.51. The molecule has 1 atom stereocenters. The molecule has 0 spiro atoms. The van der Waals surface area contributed by atoms with Gasteiger partial charge in [0, 0.05) is 30.3 Å². The maximum atomic E-state index is 13.8. The number of anilines is 1. The summed E-state index contributed by atoms with van der Waals surface area (Å²) < 4.78 is 13.8. The van der Waals surface area contributed by atoms with Gasteiger partial charge < -0.3 is 10.2 Å². The summed E-state index contributed by atoms with van der Waals surface area (Å²) in [6.07, 6.45) is 1.00. The van der Waals surface area contributed by atoms with Crippen molar-refractivity contribution >= 4 is 5.69 Å². The SMILES string of the molecule is CCN1CC(CCNC)c2c(F)cccc21. The summed E-state index contributed by atoms with van der Waals surface area (Å²) in [6, 6.07) is 5.41. The van der Waals surface area contributed by atoms with E-state index in [0.717, 1.165) is 37.3 Å². The van der Waals surface area contributed by atoms with Crippen LogP contribution in [0.5, 0.6) is 0 Å². The van der Waals surface area contributed by atoms with E-state index < -0.39 is 0 Å². The normalized spacial score (nSPS) is 18.9. The van der Waals surface area contributed by atoms with Gasteiger partial charge in [0.1, 0.15) is 5.82 Å². The Balaban J connectivity index is 2.28. The number of halogens is 1. The highest BCUT2D eigenvalue weighted by molar-refractivity contribution is 5.60. The van der Waals surface area contributed by atoms with Crippen LogP contribution in [0.2, 0.25) is 0 Å². The second-order valence-electron chi connectivity index (χ2n) is 4.30. The quantitative estimate of drug-likeness (QED) is 0.841. The molecule has 0 saturated heterocycles. The number of hydrogen-bond donors (Lipinski definition) is 1. The zero-order chi connectivity index (χ0) is 11.5. The number of benzene rings is 1. The standard InChI is InChI=1S/C13H19FN2/c1-3-16-9-10(7-8-15-2)13-11(14)5-4-6-12(13)16/h4-6,10,15H,3,7-9H2,1-2H3. The molecule has 0 radical (unpaired) electrons. The summed E-state index contributed by atoms with van der Waals surface area (Å²) in [7, 11) is 1.94. The third-order valence-electron chi connectivity index (χ3n) is 3.34. The molecule has 1 aromatic rings. The molecule has 0 aromatic heterocycles. The van der Waals surface area contributed by atoms with E-state index in [-0.39, 0.29) is 5.82 Å². The van der Waals surface area contributed by atoms with Crippen LogP contribution in [-0.4, -0.2) is 26.7 Å². The van der Waals surface area contributed by atoms with Crippen LogP contribution in [0.1, 0.15) is 24.8 Å². The van der Waals surface area contributed by atoms with Crippen LogP contribution >= 0.6 is 0 Å². The molecule has 0 bridgehead atoms. The van der Waals surface area contributed by atoms with Crippen molar-refractivity contribution < 1.29 is 4.39 Å². The van der Waals surface area contributed by atoms with E-state index in [1.165, 1.54) is 0 Å². The second kappa shape index (κ2) is 4.83. The van der Waals surface area contributed by atoms with Crippen molar-refractivity contribution in [2.24, 2.45) is 0 Å². The molecule has 1 unspecified atom stereocenters. The van der Waals surface area contributed by atoms with Gasteiger partial charge in [0.25, 0.3) is 0 Å². The molecule has 0 saturated carbocycles. The average Bonchev–Trinajstić information content (AvgIpc) is 2.66. The van der Waals surface area contributed by atoms with Crippen molar-refractivity contribution in [2.45, 2.75) is 19.3 Å². The molecule has 2 nitrogen and oxygen atoms in total. The smallest absolute Gasteiger partial charge is 0.128 e. The number of rotatable bonds is 4. The molecule has 88 valence electrons. The van der Waals surface area contributed by atoms with Gasteiger partial charge in [-0.3, -0.25) is 0 Å². The highest BCUT2D eigenvalue weighted by Crippen LogP contribution is 2.39. The van der Waals surface area contributed by atoms with E-state index in [4.69, 9.17) is 0 Å². The topological polar surface area (TPSA) is 15.3 Å². The first kappa shape index (κ1) is 11.4. The Morgan fingerprint density at radius 3 is 3.00 bits per heavy atom. The molecule has 0 fully saturated rings. The van der Waals surface area contributed by atoms with Crippen molar-refractivity contribution in [3.63, 3.8) is 0 Å². The number of nitrogens with one attached hydrogen (secondary N) is 1. The van der Waals surface area contributed by atoms with E-state index in [9.17, 15) is 4.39 Å². The third-order valence-corrected chi connectivity index (χ3v) is 3.34. The highest BCUT2D eigenvalue weighted by Gasteiger charge is 2.29. The van der Waals surface area contributed by atoms with Crippen LogP contribution in [0.25, 0.3) is 0 Å². The van der Waals surface area contributed by atoms with E-state index in [1.54, 1.807) is 12.1 Å². The molecule has 1 aliphatic heterocycles. The Kier molecular flexibility index (Phi) is 3.44. The largest absolute Gasteiger partial charge is 0.371 e. The van der Waals surface area contributed by atoms with Gasteiger partial charge >= 0.3 is 0 Å². The number of hydrogen-bond acceptors (Lipinski definition) is 2. The van der Waals surface area contributed by atoms with Gasteiger partial charge in [-0.2, -0.15) is 0 Å². The lowest BCUT2D eigenvalue weighted by Gasteiger charge is -2.16. The number of likely N-dealkylation sites (N-methyl/N-ethyl adjacent to an activating group) is 1. The molecule has 1 N–H and O–H groups in total. The average molecular weight is 222 g/mol. The second-order valence-corrected chi connectivity index (χ2v) is 4.30. The van der Waals surface area contributed by atoms with Gasteiger partial charge in [0.2, 0.25) is 0 Å². The third kappa shape index (κ3) is 1.92. The summed E-state index contributed by atoms with van der Waals surface area (Å²) in [5, 5.41) is 3.14. The molecule has 3 heteroatoms. The van der Waals surface area contributed by atoms with Gasteiger partial charge in [-0.05, 0) is 39.1 Å². The molecule has 1 heterocycles. The maximum absolute atomic E-state index is 13.8. The zero-order valence-corrected chi connectivity index (χ0v) is 9.96. The van der Waals surface area contributed by atoms with Gasteiger partial charge in [-0.15, -0.1) is 0 Å². The first-order chi connectivity index (χ1) is 7.77. The van der Waals surface area contributed by atoms with Crippen LogP contribution in [0.15, 0.2) is 18.2 Å². The summed E-state index contributed by atoms with van der Waals surface area (Å²) in [5.41, 5.74) is 2.00. The van der Waals surface area contributed by atoms with Crippen molar-refractivity contribution in [3.8, 4) is 0 Å². The highest BCUT2D eigenvalue weighted by atomic mass is 19.1. The monoisotopic (exact) mass is 222 g/mol. The lowest BCUT2D eigenvalue weighted by atomic mass is 9.97. The molecule has 16 heavy (non-hydrogen) atoms. The Morgan fingerprint density at radius 1 is 1.50 bits per heavy atom. The van der Waals surface area contributed by atoms with E-state index in [2.05, 4.69) is 17.1 Å². The first-order valence-electron chi connectivity index (χ1n) is 5.95. The minimum absolute atomic E-state index is 0.0467. The van der Waals surface area contributed by atoms with Crippen LogP contribution in [0.4, 0.5) is 10.1 Å². The minimum Gasteiger partial charge on any atom is -0.371 e. The van der Waals surface area contributed by atoms with Crippen molar-refractivity contribution in [2.75, 3.05) is 31.6 Å². The van der Waals surface area contributed by atoms with Crippen LogP contribution < -0.4 is 10.2 Å². The fourth-order valence-corrected chi connectivity index (χ4v) is 2.51. The molecule has 2 rings (SSSR count). The summed E-state index contributed by atoms with van der Waals surface area (Å²) in [5.74, 6) is 0.290. The van der Waals surface area contributed by atoms with E-state index >= 15 is 0 Å². The van der Waals surface area contributed by atoms with Crippen molar-refractivity contribution in [1.29, 1.82) is 0 Å².